The van der Waals surface area contributed by atoms with Crippen LogP contribution in [0.15, 0.2) is 17.4 Å². The lowest BCUT2D eigenvalue weighted by atomic mass is 10.2. The van der Waals surface area contributed by atoms with Gasteiger partial charge in [0.15, 0.2) is 11.2 Å². The summed E-state index contributed by atoms with van der Waals surface area (Å²) in [5, 5.41) is 0. The van der Waals surface area contributed by atoms with E-state index in [1.807, 2.05) is 6.92 Å². The maximum Gasteiger partial charge on any atom is 0.276 e. The summed E-state index contributed by atoms with van der Waals surface area (Å²) in [7, 11) is 0. The number of fused-ring (bicyclic) bond motifs is 1. The molecule has 0 fully saturated rings. The van der Waals surface area contributed by atoms with Crippen molar-refractivity contribution in [3.8, 4) is 0 Å². The predicted octanol–water partition coefficient (Wildman–Crippen LogP) is 0.660. The van der Waals surface area contributed by atoms with E-state index in [-0.39, 0.29) is 17.4 Å². The first-order valence-electron chi connectivity index (χ1n) is 4.99. The molecular formula is C10H12N4O2. The molecule has 84 valence electrons. The molecule has 0 aromatic carbocycles. The minimum Gasteiger partial charge on any atom is -0.321 e. The molecule has 0 radical (unpaired) electrons. The summed E-state index contributed by atoms with van der Waals surface area (Å²) in [4.78, 5) is 33.1. The Bertz CT molecular complexity index is 584. The lowest BCUT2D eigenvalue weighted by Gasteiger charge is -2.11. The van der Waals surface area contributed by atoms with Crippen LogP contribution in [0.1, 0.15) is 26.3 Å². The van der Waals surface area contributed by atoms with E-state index < -0.39 is 0 Å². The summed E-state index contributed by atoms with van der Waals surface area (Å²) in [5.74, 6) is 0.0784. The molecule has 0 amide bonds. The van der Waals surface area contributed by atoms with Gasteiger partial charge in [0, 0.05) is 12.5 Å². The predicted molar refractivity (Wildman–Crippen MR) is 58.2 cm³/mol. The number of aromatic amines is 1. The molecule has 2 rings (SSSR count). The lowest BCUT2D eigenvalue weighted by molar-refractivity contribution is -0.117. The Morgan fingerprint density at radius 1 is 1.56 bits per heavy atom. The van der Waals surface area contributed by atoms with E-state index in [9.17, 15) is 9.59 Å². The maximum atomic E-state index is 11.6. The van der Waals surface area contributed by atoms with E-state index in [4.69, 9.17) is 0 Å². The van der Waals surface area contributed by atoms with Crippen molar-refractivity contribution in [1.82, 2.24) is 19.5 Å². The molecule has 0 bridgehead atoms. The van der Waals surface area contributed by atoms with E-state index in [0.717, 1.165) is 0 Å². The molecular weight excluding hydrogens is 208 g/mol. The average Bonchev–Trinajstić information content (AvgIpc) is 2.61. The second-order valence-corrected chi connectivity index (χ2v) is 3.81. The number of imidazole rings is 1. The normalized spacial score (nSPS) is 12.9. The third-order valence-corrected chi connectivity index (χ3v) is 2.43. The number of carbonyl (C=O) groups excluding carboxylic acids is 1. The van der Waals surface area contributed by atoms with Crippen molar-refractivity contribution in [2.75, 3.05) is 0 Å². The third-order valence-electron chi connectivity index (χ3n) is 2.43. The molecule has 2 heterocycles. The molecule has 1 N–H and O–H groups in total. The number of ketones is 1. The van der Waals surface area contributed by atoms with Gasteiger partial charge in [0.2, 0.25) is 0 Å². The van der Waals surface area contributed by atoms with Gasteiger partial charge < -0.3 is 9.55 Å². The second-order valence-electron chi connectivity index (χ2n) is 3.81. The van der Waals surface area contributed by atoms with Crippen molar-refractivity contribution < 1.29 is 4.79 Å². The standard InChI is InChI=1S/C10H12N4O2/c1-6(3-7(2)15)14-5-13-9-8(14)10(16)12-4-11-9/h4-6H,3H2,1-2H3,(H,11,12,16). The molecule has 0 aliphatic heterocycles. The summed E-state index contributed by atoms with van der Waals surface area (Å²) < 4.78 is 1.68. The summed E-state index contributed by atoms with van der Waals surface area (Å²) in [6, 6.07) is -0.0900. The molecule has 6 nitrogen and oxygen atoms in total. The van der Waals surface area contributed by atoms with Crippen LogP contribution in [0.4, 0.5) is 0 Å². The van der Waals surface area contributed by atoms with E-state index in [0.29, 0.717) is 17.6 Å². The number of nitrogens with one attached hydrogen (secondary N) is 1. The fourth-order valence-electron chi connectivity index (χ4n) is 1.73. The minimum absolute atomic E-state index is 0.0784. The van der Waals surface area contributed by atoms with Gasteiger partial charge in [-0.3, -0.25) is 9.59 Å². The highest BCUT2D eigenvalue weighted by molar-refractivity contribution is 5.76. The van der Waals surface area contributed by atoms with Crippen LogP contribution in [0.25, 0.3) is 11.2 Å². The fourth-order valence-corrected chi connectivity index (χ4v) is 1.73. The molecule has 1 unspecified atom stereocenters. The van der Waals surface area contributed by atoms with Crippen molar-refractivity contribution in [1.29, 1.82) is 0 Å². The van der Waals surface area contributed by atoms with Gasteiger partial charge in [-0.15, -0.1) is 0 Å². The minimum atomic E-state index is -0.238. The smallest absolute Gasteiger partial charge is 0.276 e. The number of nitrogens with zero attached hydrogens (tertiary/aromatic N) is 3. The largest absolute Gasteiger partial charge is 0.321 e. The summed E-state index contributed by atoms with van der Waals surface area (Å²) in [6.45, 7) is 3.40. The van der Waals surface area contributed by atoms with Crippen molar-refractivity contribution in [2.24, 2.45) is 0 Å². The Kier molecular flexibility index (Phi) is 2.55. The summed E-state index contributed by atoms with van der Waals surface area (Å²) in [5.41, 5.74) is 0.577. The molecule has 6 heteroatoms. The fraction of sp³-hybridized carbons (Fsp3) is 0.400. The molecule has 16 heavy (non-hydrogen) atoms. The first kappa shape index (κ1) is 10.5. The molecule has 2 aromatic rings. The number of rotatable bonds is 3. The van der Waals surface area contributed by atoms with E-state index >= 15 is 0 Å². The Morgan fingerprint density at radius 3 is 3.00 bits per heavy atom. The first-order chi connectivity index (χ1) is 7.59. The first-order valence-corrected chi connectivity index (χ1v) is 4.99. The zero-order valence-corrected chi connectivity index (χ0v) is 9.10. The third kappa shape index (κ3) is 1.73. The van der Waals surface area contributed by atoms with Crippen LogP contribution in [-0.4, -0.2) is 25.3 Å². The molecule has 0 aliphatic carbocycles. The Labute approximate surface area is 91.3 Å². The number of H-pyrrole nitrogens is 1. The van der Waals surface area contributed by atoms with Crippen molar-refractivity contribution in [2.45, 2.75) is 26.3 Å². The lowest BCUT2D eigenvalue weighted by Crippen LogP contribution is -2.15. The van der Waals surface area contributed by atoms with Gasteiger partial charge in [-0.2, -0.15) is 0 Å². The number of carbonyl (C=O) groups is 1. The van der Waals surface area contributed by atoms with Crippen LogP contribution in [0.3, 0.4) is 0 Å². The van der Waals surface area contributed by atoms with Gasteiger partial charge in [0.25, 0.3) is 5.56 Å². The van der Waals surface area contributed by atoms with Gasteiger partial charge >= 0.3 is 0 Å². The maximum absolute atomic E-state index is 11.6. The highest BCUT2D eigenvalue weighted by atomic mass is 16.1. The quantitative estimate of drug-likeness (QED) is 0.823. The summed E-state index contributed by atoms with van der Waals surface area (Å²) >= 11 is 0. The zero-order chi connectivity index (χ0) is 11.7. The summed E-state index contributed by atoms with van der Waals surface area (Å²) in [6.07, 6.45) is 3.23. The van der Waals surface area contributed by atoms with Crippen LogP contribution >= 0.6 is 0 Å². The highest BCUT2D eigenvalue weighted by Gasteiger charge is 2.14. The van der Waals surface area contributed by atoms with Gasteiger partial charge in [-0.25, -0.2) is 9.97 Å². The number of hydrogen-bond acceptors (Lipinski definition) is 4. The number of Topliss-reactive ketones (excluding diaryl/α,β-unsaturated/α-hetero) is 1. The van der Waals surface area contributed by atoms with E-state index in [1.54, 1.807) is 10.9 Å². The molecule has 1 atom stereocenters. The van der Waals surface area contributed by atoms with Gasteiger partial charge in [-0.1, -0.05) is 0 Å². The molecule has 0 spiro atoms. The molecule has 0 aliphatic rings. The van der Waals surface area contributed by atoms with Crippen LogP contribution in [0, 0.1) is 0 Å². The number of hydrogen-bond donors (Lipinski definition) is 1. The van der Waals surface area contributed by atoms with Crippen molar-refractivity contribution in [3.05, 3.63) is 23.0 Å². The van der Waals surface area contributed by atoms with Crippen LogP contribution < -0.4 is 5.56 Å². The molecule has 0 saturated carbocycles. The van der Waals surface area contributed by atoms with Gasteiger partial charge in [0.1, 0.15) is 5.78 Å². The van der Waals surface area contributed by atoms with Crippen LogP contribution in [0.2, 0.25) is 0 Å². The van der Waals surface area contributed by atoms with Crippen molar-refractivity contribution >= 4 is 16.9 Å². The van der Waals surface area contributed by atoms with Crippen LogP contribution in [-0.2, 0) is 4.79 Å². The second kappa shape index (κ2) is 3.88. The number of aromatic nitrogens is 4. The highest BCUT2D eigenvalue weighted by Crippen LogP contribution is 2.15. The van der Waals surface area contributed by atoms with E-state index in [1.165, 1.54) is 13.3 Å². The zero-order valence-electron chi connectivity index (χ0n) is 9.10. The van der Waals surface area contributed by atoms with Crippen LogP contribution in [0.5, 0.6) is 0 Å². The van der Waals surface area contributed by atoms with Crippen molar-refractivity contribution in [3.63, 3.8) is 0 Å². The van der Waals surface area contributed by atoms with Gasteiger partial charge in [-0.05, 0) is 13.8 Å². The molecule has 0 saturated heterocycles. The molecule has 2 aromatic heterocycles. The van der Waals surface area contributed by atoms with E-state index in [2.05, 4.69) is 15.0 Å². The SMILES string of the molecule is CC(=O)CC(C)n1cnc2nc[nH]c(=O)c21. The Hall–Kier alpha value is -1.98. The monoisotopic (exact) mass is 220 g/mol. The Morgan fingerprint density at radius 2 is 2.31 bits per heavy atom. The topological polar surface area (TPSA) is 80.6 Å². The average molecular weight is 220 g/mol. The Balaban J connectivity index is 2.53. The van der Waals surface area contributed by atoms with Gasteiger partial charge in [0.05, 0.1) is 12.7 Å².